The minimum absolute atomic E-state index is 0.792. The lowest BCUT2D eigenvalue weighted by Gasteiger charge is -1.98. The average Bonchev–Trinajstić information content (AvgIpc) is 2.99. The third-order valence-corrected chi connectivity index (χ3v) is 4.15. The maximum Gasteiger partial charge on any atom is 0.203 e. The molecule has 0 unspecified atom stereocenters. The van der Waals surface area contributed by atoms with Gasteiger partial charge < -0.3 is 0 Å². The van der Waals surface area contributed by atoms with Crippen molar-refractivity contribution in [1.82, 2.24) is 4.98 Å². The molecule has 0 spiro atoms. The molecule has 0 atom stereocenters. The Bertz CT molecular complexity index is 788. The quantitative estimate of drug-likeness (QED) is 0.551. The topological polar surface area (TPSA) is 37.3 Å². The van der Waals surface area contributed by atoms with Gasteiger partial charge in [-0.3, -0.25) is 5.43 Å². The summed E-state index contributed by atoms with van der Waals surface area (Å²) in [5, 5.41) is 7.10. The normalized spacial score (nSPS) is 11.0. The Kier molecular flexibility index (Phi) is 4.30. The number of thiazole rings is 1. The lowest BCUT2D eigenvalue weighted by Crippen LogP contribution is -1.92. The van der Waals surface area contributed by atoms with Crippen LogP contribution in [-0.4, -0.2) is 11.2 Å². The Balaban J connectivity index is 1.70. The number of benzene rings is 2. The number of hydrogen-bond acceptors (Lipinski definition) is 4. The standard InChI is InChI=1S/C18H17N3S/c1-13-7-9-15(10-8-13)17-12-22-18(20-17)21-19-11-16-6-4-3-5-14(16)2/h3-12H,1-2H3,(H,20,21)/b19-11-. The molecule has 0 radical (unpaired) electrons. The van der Waals surface area contributed by atoms with Gasteiger partial charge in [0.25, 0.3) is 0 Å². The summed E-state index contributed by atoms with van der Waals surface area (Å²) < 4.78 is 0. The van der Waals surface area contributed by atoms with Gasteiger partial charge in [-0.25, -0.2) is 4.98 Å². The summed E-state index contributed by atoms with van der Waals surface area (Å²) in [7, 11) is 0. The molecule has 1 aromatic heterocycles. The largest absolute Gasteiger partial charge is 0.253 e. The number of hydrogen-bond donors (Lipinski definition) is 1. The van der Waals surface area contributed by atoms with Crippen molar-refractivity contribution in [1.29, 1.82) is 0 Å². The minimum atomic E-state index is 0.792. The molecule has 1 heterocycles. The van der Waals surface area contributed by atoms with Crippen molar-refractivity contribution in [3.05, 3.63) is 70.6 Å². The van der Waals surface area contributed by atoms with Crippen LogP contribution in [0.2, 0.25) is 0 Å². The van der Waals surface area contributed by atoms with Gasteiger partial charge in [-0.15, -0.1) is 11.3 Å². The predicted octanol–water partition coefficient (Wildman–Crippen LogP) is 4.87. The summed E-state index contributed by atoms with van der Waals surface area (Å²) in [6, 6.07) is 16.5. The van der Waals surface area contributed by atoms with E-state index in [1.54, 1.807) is 11.3 Å². The van der Waals surface area contributed by atoms with E-state index in [1.165, 1.54) is 11.1 Å². The second-order valence-corrected chi connectivity index (χ2v) is 5.99. The molecule has 0 saturated carbocycles. The lowest BCUT2D eigenvalue weighted by atomic mass is 10.1. The molecule has 3 nitrogen and oxygen atoms in total. The molecule has 0 aliphatic carbocycles. The number of nitrogens with zero attached hydrogens (tertiary/aromatic N) is 2. The smallest absolute Gasteiger partial charge is 0.203 e. The Labute approximate surface area is 134 Å². The highest BCUT2D eigenvalue weighted by atomic mass is 32.1. The van der Waals surface area contributed by atoms with E-state index in [2.05, 4.69) is 59.7 Å². The Morgan fingerprint density at radius 3 is 2.59 bits per heavy atom. The van der Waals surface area contributed by atoms with Gasteiger partial charge in [0.1, 0.15) is 0 Å². The fourth-order valence-electron chi connectivity index (χ4n) is 2.07. The van der Waals surface area contributed by atoms with E-state index in [0.717, 1.165) is 22.0 Å². The van der Waals surface area contributed by atoms with Crippen molar-refractivity contribution in [2.75, 3.05) is 5.43 Å². The molecular weight excluding hydrogens is 290 g/mol. The van der Waals surface area contributed by atoms with Gasteiger partial charge in [-0.05, 0) is 25.0 Å². The molecule has 0 aliphatic heterocycles. The molecule has 0 fully saturated rings. The van der Waals surface area contributed by atoms with Crippen molar-refractivity contribution in [3.8, 4) is 11.3 Å². The molecule has 2 aromatic carbocycles. The fraction of sp³-hybridized carbons (Fsp3) is 0.111. The first kappa shape index (κ1) is 14.5. The number of aromatic nitrogens is 1. The number of hydrazone groups is 1. The van der Waals surface area contributed by atoms with E-state index in [9.17, 15) is 0 Å². The summed E-state index contributed by atoms with van der Waals surface area (Å²) in [6.07, 6.45) is 1.82. The maximum absolute atomic E-state index is 4.56. The predicted molar refractivity (Wildman–Crippen MR) is 94.7 cm³/mol. The molecule has 22 heavy (non-hydrogen) atoms. The summed E-state index contributed by atoms with van der Waals surface area (Å²) >= 11 is 1.55. The highest BCUT2D eigenvalue weighted by molar-refractivity contribution is 7.14. The SMILES string of the molecule is Cc1ccc(-c2csc(N/N=C\c3ccccc3C)n2)cc1. The summed E-state index contributed by atoms with van der Waals surface area (Å²) in [5.74, 6) is 0. The molecule has 0 aliphatic rings. The van der Waals surface area contributed by atoms with Crippen molar-refractivity contribution >= 4 is 22.7 Å². The van der Waals surface area contributed by atoms with E-state index in [1.807, 2.05) is 29.8 Å². The Hall–Kier alpha value is -2.46. The van der Waals surface area contributed by atoms with Gasteiger partial charge in [-0.1, -0.05) is 54.1 Å². The van der Waals surface area contributed by atoms with Crippen LogP contribution >= 0.6 is 11.3 Å². The maximum atomic E-state index is 4.56. The first-order valence-corrected chi connectivity index (χ1v) is 7.97. The molecule has 0 saturated heterocycles. The zero-order valence-electron chi connectivity index (χ0n) is 12.6. The summed E-state index contributed by atoms with van der Waals surface area (Å²) in [5.41, 5.74) is 8.65. The molecule has 4 heteroatoms. The van der Waals surface area contributed by atoms with Crippen molar-refractivity contribution in [2.45, 2.75) is 13.8 Å². The number of nitrogens with one attached hydrogen (secondary N) is 1. The van der Waals surface area contributed by atoms with Crippen molar-refractivity contribution < 1.29 is 0 Å². The highest BCUT2D eigenvalue weighted by Gasteiger charge is 2.03. The van der Waals surface area contributed by atoms with Crippen LogP contribution in [0, 0.1) is 13.8 Å². The van der Waals surface area contributed by atoms with Gasteiger partial charge in [0, 0.05) is 10.9 Å². The van der Waals surface area contributed by atoms with Gasteiger partial charge >= 0.3 is 0 Å². The van der Waals surface area contributed by atoms with E-state index in [0.29, 0.717) is 0 Å². The van der Waals surface area contributed by atoms with Crippen molar-refractivity contribution in [2.24, 2.45) is 5.10 Å². The van der Waals surface area contributed by atoms with E-state index in [-0.39, 0.29) is 0 Å². The summed E-state index contributed by atoms with van der Waals surface area (Å²) in [6.45, 7) is 4.15. The van der Waals surface area contributed by atoms with Crippen LogP contribution in [0.3, 0.4) is 0 Å². The minimum Gasteiger partial charge on any atom is -0.253 e. The van der Waals surface area contributed by atoms with Gasteiger partial charge in [0.15, 0.2) is 0 Å². The molecule has 3 aromatic rings. The molecule has 0 amide bonds. The second-order valence-electron chi connectivity index (χ2n) is 5.13. The number of rotatable bonds is 4. The van der Waals surface area contributed by atoms with Crippen LogP contribution in [0.1, 0.15) is 16.7 Å². The van der Waals surface area contributed by atoms with Crippen molar-refractivity contribution in [3.63, 3.8) is 0 Å². The molecule has 1 N–H and O–H groups in total. The van der Waals surface area contributed by atoms with Gasteiger partial charge in [-0.2, -0.15) is 5.10 Å². The molecule has 110 valence electrons. The van der Waals surface area contributed by atoms with E-state index < -0.39 is 0 Å². The molecular formula is C18H17N3S. The van der Waals surface area contributed by atoms with Crippen LogP contribution in [0.4, 0.5) is 5.13 Å². The van der Waals surface area contributed by atoms with Crippen LogP contribution < -0.4 is 5.43 Å². The fourth-order valence-corrected chi connectivity index (χ4v) is 2.74. The second kappa shape index (κ2) is 6.54. The van der Waals surface area contributed by atoms with E-state index >= 15 is 0 Å². The third kappa shape index (κ3) is 3.40. The zero-order chi connectivity index (χ0) is 15.4. The van der Waals surface area contributed by atoms with Crippen LogP contribution in [0.5, 0.6) is 0 Å². The Morgan fingerprint density at radius 2 is 1.82 bits per heavy atom. The third-order valence-electron chi connectivity index (χ3n) is 3.40. The highest BCUT2D eigenvalue weighted by Crippen LogP contribution is 2.25. The average molecular weight is 307 g/mol. The first-order chi connectivity index (χ1) is 10.7. The summed E-state index contributed by atoms with van der Waals surface area (Å²) in [4.78, 5) is 4.56. The van der Waals surface area contributed by atoms with Gasteiger partial charge in [0.05, 0.1) is 11.9 Å². The lowest BCUT2D eigenvalue weighted by molar-refractivity contribution is 1.28. The van der Waals surface area contributed by atoms with Crippen LogP contribution in [-0.2, 0) is 0 Å². The Morgan fingerprint density at radius 1 is 1.05 bits per heavy atom. The first-order valence-electron chi connectivity index (χ1n) is 7.09. The van der Waals surface area contributed by atoms with E-state index in [4.69, 9.17) is 0 Å². The van der Waals surface area contributed by atoms with Gasteiger partial charge in [0.2, 0.25) is 5.13 Å². The van der Waals surface area contributed by atoms with Crippen LogP contribution in [0.15, 0.2) is 59.0 Å². The molecule has 0 bridgehead atoms. The van der Waals surface area contributed by atoms with Crippen LogP contribution in [0.25, 0.3) is 11.3 Å². The molecule has 3 rings (SSSR count). The monoisotopic (exact) mass is 307 g/mol. The zero-order valence-corrected chi connectivity index (χ0v) is 13.4. The number of anilines is 1. The number of aryl methyl sites for hydroxylation is 2.